The van der Waals surface area contributed by atoms with Gasteiger partial charge in [-0.3, -0.25) is 9.59 Å². The monoisotopic (exact) mass is 437 g/mol. The van der Waals surface area contributed by atoms with Crippen LogP contribution in [0, 0.1) is 18.6 Å². The topological polar surface area (TPSA) is 81.3 Å². The van der Waals surface area contributed by atoms with E-state index in [1.54, 1.807) is 6.92 Å². The molecule has 0 aliphatic rings. The fraction of sp³-hybridized carbons (Fsp3) is 0.217. The molecule has 0 aliphatic carbocycles. The molecule has 7 nitrogen and oxygen atoms in total. The first-order valence-electron chi connectivity index (χ1n) is 10.2. The lowest BCUT2D eigenvalue weighted by atomic mass is 10.1. The number of amides is 1. The average molecular weight is 437 g/mol. The van der Waals surface area contributed by atoms with Crippen molar-refractivity contribution in [3.8, 4) is 11.4 Å². The summed E-state index contributed by atoms with van der Waals surface area (Å²) in [4.78, 5) is 30.0. The Morgan fingerprint density at radius 1 is 1.12 bits per heavy atom. The third kappa shape index (κ3) is 4.01. The van der Waals surface area contributed by atoms with E-state index in [0.717, 1.165) is 23.8 Å². The molecule has 0 radical (unpaired) electrons. The van der Waals surface area contributed by atoms with Gasteiger partial charge in [0.1, 0.15) is 11.6 Å². The van der Waals surface area contributed by atoms with E-state index in [-0.39, 0.29) is 24.1 Å². The van der Waals surface area contributed by atoms with Gasteiger partial charge in [-0.05, 0) is 32.4 Å². The molecule has 2 aromatic heterocycles. The minimum Gasteiger partial charge on any atom is -0.324 e. The number of carbonyl (C=O) groups is 1. The Labute approximate surface area is 182 Å². The number of fused-ring (bicyclic) bond motifs is 1. The highest BCUT2D eigenvalue weighted by molar-refractivity contribution is 5.91. The first kappa shape index (κ1) is 21.4. The summed E-state index contributed by atoms with van der Waals surface area (Å²) in [5.74, 6) is -1.07. The number of rotatable bonds is 6. The molecule has 1 amide bonds. The average Bonchev–Trinajstić information content (AvgIpc) is 3.22. The second-order valence-electron chi connectivity index (χ2n) is 7.30. The van der Waals surface area contributed by atoms with Gasteiger partial charge in [0.05, 0.1) is 5.69 Å². The van der Waals surface area contributed by atoms with E-state index in [4.69, 9.17) is 0 Å². The largest absolute Gasteiger partial charge is 0.324 e. The Balaban J connectivity index is 1.64. The maximum absolute atomic E-state index is 13.8. The second-order valence-corrected chi connectivity index (χ2v) is 7.30. The standard InChI is InChI=1S/C23H21F2N5O2/c1-3-29-14(2)17(10-12-20(31)26-19-13-16(24)9-11-18(19)25)22(32)30-23(29)27-21(28-30)15-7-5-4-6-8-15/h4-9,11,13H,3,10,12H2,1-2H3,(H,26,31). The van der Waals surface area contributed by atoms with Crippen LogP contribution in [0.2, 0.25) is 0 Å². The van der Waals surface area contributed by atoms with Crippen molar-refractivity contribution in [3.63, 3.8) is 0 Å². The van der Waals surface area contributed by atoms with Crippen LogP contribution >= 0.6 is 0 Å². The fourth-order valence-corrected chi connectivity index (χ4v) is 3.63. The molecule has 4 aromatic rings. The van der Waals surface area contributed by atoms with Crippen LogP contribution in [-0.2, 0) is 17.8 Å². The fourth-order valence-electron chi connectivity index (χ4n) is 3.63. The van der Waals surface area contributed by atoms with Crippen LogP contribution in [0.15, 0.2) is 53.3 Å². The summed E-state index contributed by atoms with van der Waals surface area (Å²) >= 11 is 0. The molecule has 0 saturated heterocycles. The van der Waals surface area contributed by atoms with E-state index in [1.807, 2.05) is 41.8 Å². The summed E-state index contributed by atoms with van der Waals surface area (Å²) in [6.45, 7) is 4.27. The van der Waals surface area contributed by atoms with E-state index in [2.05, 4.69) is 15.4 Å². The Morgan fingerprint density at radius 3 is 2.59 bits per heavy atom. The quantitative estimate of drug-likeness (QED) is 0.498. The number of aryl methyl sites for hydroxylation is 1. The number of carbonyl (C=O) groups excluding carboxylic acids is 1. The molecule has 9 heteroatoms. The van der Waals surface area contributed by atoms with Crippen molar-refractivity contribution < 1.29 is 13.6 Å². The molecule has 32 heavy (non-hydrogen) atoms. The molecular formula is C23H21F2N5O2. The molecular weight excluding hydrogens is 416 g/mol. The smallest absolute Gasteiger partial charge is 0.279 e. The van der Waals surface area contributed by atoms with Gasteiger partial charge < -0.3 is 9.88 Å². The van der Waals surface area contributed by atoms with Gasteiger partial charge in [0, 0.05) is 35.9 Å². The van der Waals surface area contributed by atoms with E-state index in [1.165, 1.54) is 4.52 Å². The highest BCUT2D eigenvalue weighted by Crippen LogP contribution is 2.18. The summed E-state index contributed by atoms with van der Waals surface area (Å²) in [6, 6.07) is 12.2. The van der Waals surface area contributed by atoms with Crippen molar-refractivity contribution in [1.29, 1.82) is 0 Å². The van der Waals surface area contributed by atoms with Crippen LogP contribution in [0.3, 0.4) is 0 Å². The number of benzene rings is 2. The van der Waals surface area contributed by atoms with Crippen molar-refractivity contribution >= 4 is 17.4 Å². The molecule has 0 atom stereocenters. The van der Waals surface area contributed by atoms with Crippen LogP contribution in [0.1, 0.15) is 24.6 Å². The van der Waals surface area contributed by atoms with Gasteiger partial charge in [0.25, 0.3) is 5.56 Å². The minimum atomic E-state index is -0.734. The third-order valence-corrected chi connectivity index (χ3v) is 5.28. The van der Waals surface area contributed by atoms with Crippen LogP contribution in [0.25, 0.3) is 17.2 Å². The summed E-state index contributed by atoms with van der Waals surface area (Å²) in [7, 11) is 0. The molecule has 0 saturated carbocycles. The summed E-state index contributed by atoms with van der Waals surface area (Å²) in [6.07, 6.45) is 0.0331. The van der Waals surface area contributed by atoms with Crippen LogP contribution < -0.4 is 10.9 Å². The van der Waals surface area contributed by atoms with Crippen LogP contribution in [0.5, 0.6) is 0 Å². The summed E-state index contributed by atoms with van der Waals surface area (Å²) in [5, 5.41) is 6.74. The molecule has 164 valence electrons. The number of anilines is 1. The molecule has 0 spiro atoms. The van der Waals surface area contributed by atoms with E-state index in [9.17, 15) is 18.4 Å². The van der Waals surface area contributed by atoms with Gasteiger partial charge in [0.2, 0.25) is 11.7 Å². The zero-order chi connectivity index (χ0) is 22.8. The lowest BCUT2D eigenvalue weighted by Crippen LogP contribution is -2.27. The summed E-state index contributed by atoms with van der Waals surface area (Å²) in [5.41, 5.74) is 1.29. The van der Waals surface area contributed by atoms with Gasteiger partial charge in [0.15, 0.2) is 5.82 Å². The van der Waals surface area contributed by atoms with Gasteiger partial charge in [-0.15, -0.1) is 5.10 Å². The Hall–Kier alpha value is -3.88. The molecule has 2 heterocycles. The van der Waals surface area contributed by atoms with Crippen molar-refractivity contribution in [2.75, 3.05) is 5.32 Å². The highest BCUT2D eigenvalue weighted by Gasteiger charge is 2.19. The number of hydrogen-bond donors (Lipinski definition) is 1. The minimum absolute atomic E-state index is 0.0819. The number of nitrogens with zero attached hydrogens (tertiary/aromatic N) is 4. The molecule has 4 rings (SSSR count). The van der Waals surface area contributed by atoms with Gasteiger partial charge in [-0.2, -0.15) is 9.50 Å². The Bertz CT molecular complexity index is 1360. The maximum atomic E-state index is 13.8. The zero-order valence-electron chi connectivity index (χ0n) is 17.6. The summed E-state index contributed by atoms with van der Waals surface area (Å²) < 4.78 is 30.2. The Kier molecular flexibility index (Phi) is 5.81. The first-order valence-corrected chi connectivity index (χ1v) is 10.2. The van der Waals surface area contributed by atoms with Crippen molar-refractivity contribution in [2.24, 2.45) is 0 Å². The number of hydrogen-bond acceptors (Lipinski definition) is 4. The lowest BCUT2D eigenvalue weighted by molar-refractivity contribution is -0.116. The first-order chi connectivity index (χ1) is 15.4. The van der Waals surface area contributed by atoms with Crippen molar-refractivity contribution in [1.82, 2.24) is 19.2 Å². The maximum Gasteiger partial charge on any atom is 0.279 e. The number of nitrogens with one attached hydrogen (secondary N) is 1. The van der Waals surface area contributed by atoms with Gasteiger partial charge in [-0.1, -0.05) is 30.3 Å². The molecule has 0 bridgehead atoms. The number of aromatic nitrogens is 4. The molecule has 0 unspecified atom stereocenters. The lowest BCUT2D eigenvalue weighted by Gasteiger charge is -2.13. The predicted molar refractivity (Wildman–Crippen MR) is 116 cm³/mol. The Morgan fingerprint density at radius 2 is 1.88 bits per heavy atom. The van der Waals surface area contributed by atoms with E-state index in [0.29, 0.717) is 29.4 Å². The van der Waals surface area contributed by atoms with Gasteiger partial charge in [-0.25, -0.2) is 8.78 Å². The van der Waals surface area contributed by atoms with E-state index < -0.39 is 17.5 Å². The van der Waals surface area contributed by atoms with Crippen molar-refractivity contribution in [2.45, 2.75) is 33.2 Å². The van der Waals surface area contributed by atoms with E-state index >= 15 is 0 Å². The zero-order valence-corrected chi connectivity index (χ0v) is 17.6. The molecule has 0 fully saturated rings. The molecule has 0 aliphatic heterocycles. The van der Waals surface area contributed by atoms with Crippen LogP contribution in [0.4, 0.5) is 14.5 Å². The normalized spacial score (nSPS) is 11.1. The second kappa shape index (κ2) is 8.70. The number of halogens is 2. The predicted octanol–water partition coefficient (Wildman–Crippen LogP) is 3.74. The molecule has 2 aromatic carbocycles. The molecule has 1 N–H and O–H groups in total. The third-order valence-electron chi connectivity index (χ3n) is 5.28. The highest BCUT2D eigenvalue weighted by atomic mass is 19.1. The van der Waals surface area contributed by atoms with Crippen LogP contribution in [-0.4, -0.2) is 25.1 Å². The SMILES string of the molecule is CCn1c(C)c(CCC(=O)Nc2cc(F)ccc2F)c(=O)n2nc(-c3ccccc3)nc12. The van der Waals surface area contributed by atoms with Gasteiger partial charge >= 0.3 is 0 Å². The van der Waals surface area contributed by atoms with Crippen molar-refractivity contribution in [3.05, 3.63) is 81.8 Å².